The standard InChI is InChI=1S/C14H14N2O4/c15-3-1-2-8-4-10(14(17)18)9-5-12-13(20-7-19-12)6-11(9)16-8/h4-6H,1-3,7,15H2,(H,17,18). The maximum absolute atomic E-state index is 11.4. The van der Waals surface area contributed by atoms with E-state index >= 15 is 0 Å². The van der Waals surface area contributed by atoms with Gasteiger partial charge in [0.2, 0.25) is 6.79 Å². The first-order valence-corrected chi connectivity index (χ1v) is 6.35. The fraction of sp³-hybridized carbons (Fsp3) is 0.286. The zero-order valence-electron chi connectivity index (χ0n) is 10.8. The van der Waals surface area contributed by atoms with Crippen molar-refractivity contribution >= 4 is 16.9 Å². The predicted octanol–water partition coefficient (Wildman–Crippen LogP) is 1.55. The summed E-state index contributed by atoms with van der Waals surface area (Å²) in [5, 5.41) is 9.91. The van der Waals surface area contributed by atoms with Gasteiger partial charge < -0.3 is 20.3 Å². The van der Waals surface area contributed by atoms with Gasteiger partial charge in [-0.3, -0.25) is 4.98 Å². The summed E-state index contributed by atoms with van der Waals surface area (Å²) >= 11 is 0. The highest BCUT2D eigenvalue weighted by atomic mass is 16.7. The number of aromatic carboxylic acids is 1. The molecule has 2 heterocycles. The zero-order chi connectivity index (χ0) is 14.1. The van der Waals surface area contributed by atoms with Gasteiger partial charge in [-0.2, -0.15) is 0 Å². The quantitative estimate of drug-likeness (QED) is 0.878. The summed E-state index contributed by atoms with van der Waals surface area (Å²) in [6, 6.07) is 4.99. The number of pyridine rings is 1. The van der Waals surface area contributed by atoms with Gasteiger partial charge in [0.15, 0.2) is 11.5 Å². The van der Waals surface area contributed by atoms with Crippen LogP contribution in [0.3, 0.4) is 0 Å². The molecule has 0 atom stereocenters. The molecule has 1 aliphatic rings. The molecular weight excluding hydrogens is 260 g/mol. The van der Waals surface area contributed by atoms with Crippen molar-refractivity contribution in [1.82, 2.24) is 4.98 Å². The largest absolute Gasteiger partial charge is 0.478 e. The second-order valence-electron chi connectivity index (χ2n) is 4.58. The number of carboxylic acid groups (broad SMARTS) is 1. The van der Waals surface area contributed by atoms with Crippen LogP contribution in [0, 0.1) is 0 Å². The summed E-state index contributed by atoms with van der Waals surface area (Å²) in [7, 11) is 0. The van der Waals surface area contributed by atoms with Crippen molar-refractivity contribution in [3.05, 3.63) is 29.5 Å². The Morgan fingerprint density at radius 2 is 2.05 bits per heavy atom. The molecule has 2 aromatic rings. The van der Waals surface area contributed by atoms with E-state index in [1.165, 1.54) is 0 Å². The molecule has 20 heavy (non-hydrogen) atoms. The van der Waals surface area contributed by atoms with Crippen LogP contribution in [0.2, 0.25) is 0 Å². The van der Waals surface area contributed by atoms with Gasteiger partial charge in [0.1, 0.15) is 0 Å². The lowest BCUT2D eigenvalue weighted by Crippen LogP contribution is -2.05. The lowest BCUT2D eigenvalue weighted by molar-refractivity contribution is 0.0699. The Balaban J connectivity index is 2.17. The molecule has 0 fully saturated rings. The van der Waals surface area contributed by atoms with Gasteiger partial charge in [-0.15, -0.1) is 0 Å². The van der Waals surface area contributed by atoms with Gasteiger partial charge in [-0.1, -0.05) is 0 Å². The SMILES string of the molecule is NCCCc1cc(C(=O)O)c2cc3c(cc2n1)OCO3. The highest BCUT2D eigenvalue weighted by Gasteiger charge is 2.19. The Bertz CT molecular complexity index is 684. The summed E-state index contributed by atoms with van der Waals surface area (Å²) < 4.78 is 10.6. The number of carboxylic acids is 1. The number of benzene rings is 1. The highest BCUT2D eigenvalue weighted by Crippen LogP contribution is 2.36. The van der Waals surface area contributed by atoms with E-state index in [1.807, 2.05) is 0 Å². The molecule has 1 aliphatic heterocycles. The Morgan fingerprint density at radius 1 is 1.30 bits per heavy atom. The number of aryl methyl sites for hydroxylation is 1. The van der Waals surface area contributed by atoms with E-state index in [2.05, 4.69) is 4.98 Å². The number of ether oxygens (including phenoxy) is 2. The summed E-state index contributed by atoms with van der Waals surface area (Å²) in [5.74, 6) is 0.166. The Labute approximate surface area is 115 Å². The van der Waals surface area contributed by atoms with E-state index in [9.17, 15) is 9.90 Å². The number of nitrogens with zero attached hydrogens (tertiary/aromatic N) is 1. The zero-order valence-corrected chi connectivity index (χ0v) is 10.8. The number of nitrogens with two attached hydrogens (primary N) is 1. The molecule has 0 radical (unpaired) electrons. The molecule has 0 spiro atoms. The number of carbonyl (C=O) groups is 1. The van der Waals surface area contributed by atoms with Crippen LogP contribution in [0.1, 0.15) is 22.5 Å². The third kappa shape index (κ3) is 2.14. The Hall–Kier alpha value is -2.34. The summed E-state index contributed by atoms with van der Waals surface area (Å²) in [5.41, 5.74) is 7.02. The predicted molar refractivity (Wildman–Crippen MR) is 72.2 cm³/mol. The maximum atomic E-state index is 11.4. The minimum atomic E-state index is -0.981. The second-order valence-corrected chi connectivity index (χ2v) is 4.58. The molecule has 3 N–H and O–H groups in total. The minimum absolute atomic E-state index is 0.147. The van der Waals surface area contributed by atoms with E-state index in [-0.39, 0.29) is 12.4 Å². The molecule has 0 amide bonds. The highest BCUT2D eigenvalue weighted by molar-refractivity contribution is 6.03. The van der Waals surface area contributed by atoms with Crippen molar-refractivity contribution < 1.29 is 19.4 Å². The van der Waals surface area contributed by atoms with Crippen molar-refractivity contribution in [2.24, 2.45) is 5.73 Å². The maximum Gasteiger partial charge on any atom is 0.336 e. The molecule has 1 aromatic carbocycles. The van der Waals surface area contributed by atoms with Crippen molar-refractivity contribution in [3.63, 3.8) is 0 Å². The molecule has 0 aliphatic carbocycles. The molecule has 104 valence electrons. The molecular formula is C14H14N2O4. The fourth-order valence-electron chi connectivity index (χ4n) is 2.26. The summed E-state index contributed by atoms with van der Waals surface area (Å²) in [4.78, 5) is 15.9. The molecule has 0 unspecified atom stereocenters. The average Bonchev–Trinajstić information content (AvgIpc) is 2.88. The van der Waals surface area contributed by atoms with Gasteiger partial charge in [0, 0.05) is 17.1 Å². The van der Waals surface area contributed by atoms with Crippen molar-refractivity contribution in [3.8, 4) is 11.5 Å². The van der Waals surface area contributed by atoms with Crippen LogP contribution in [0.5, 0.6) is 11.5 Å². The van der Waals surface area contributed by atoms with Crippen LogP contribution in [-0.4, -0.2) is 29.4 Å². The van der Waals surface area contributed by atoms with E-state index in [0.29, 0.717) is 35.4 Å². The van der Waals surface area contributed by atoms with Crippen molar-refractivity contribution in [2.45, 2.75) is 12.8 Å². The van der Waals surface area contributed by atoms with E-state index < -0.39 is 5.97 Å². The average molecular weight is 274 g/mol. The fourth-order valence-corrected chi connectivity index (χ4v) is 2.26. The molecule has 6 heteroatoms. The lowest BCUT2D eigenvalue weighted by atomic mass is 10.1. The Morgan fingerprint density at radius 3 is 2.75 bits per heavy atom. The van der Waals surface area contributed by atoms with E-state index in [0.717, 1.165) is 12.1 Å². The number of aromatic nitrogens is 1. The topological polar surface area (TPSA) is 94.7 Å². The van der Waals surface area contributed by atoms with E-state index in [1.54, 1.807) is 18.2 Å². The molecule has 1 aromatic heterocycles. The minimum Gasteiger partial charge on any atom is -0.478 e. The van der Waals surface area contributed by atoms with Gasteiger partial charge in [0.25, 0.3) is 0 Å². The summed E-state index contributed by atoms with van der Waals surface area (Å²) in [6.45, 7) is 0.692. The first-order chi connectivity index (χ1) is 9.69. The summed E-state index contributed by atoms with van der Waals surface area (Å²) in [6.07, 6.45) is 1.42. The smallest absolute Gasteiger partial charge is 0.336 e. The van der Waals surface area contributed by atoms with Crippen LogP contribution >= 0.6 is 0 Å². The Kier molecular flexibility index (Phi) is 3.15. The van der Waals surface area contributed by atoms with Crippen LogP contribution in [0.25, 0.3) is 10.9 Å². The number of rotatable bonds is 4. The van der Waals surface area contributed by atoms with Crippen LogP contribution in [0.15, 0.2) is 18.2 Å². The number of hydrogen-bond acceptors (Lipinski definition) is 5. The molecule has 0 saturated heterocycles. The van der Waals surface area contributed by atoms with Crippen LogP contribution < -0.4 is 15.2 Å². The molecule has 6 nitrogen and oxygen atoms in total. The number of fused-ring (bicyclic) bond motifs is 2. The third-order valence-corrected chi connectivity index (χ3v) is 3.22. The lowest BCUT2D eigenvalue weighted by Gasteiger charge is -2.07. The third-order valence-electron chi connectivity index (χ3n) is 3.22. The normalized spacial score (nSPS) is 12.8. The van der Waals surface area contributed by atoms with Gasteiger partial charge >= 0.3 is 5.97 Å². The van der Waals surface area contributed by atoms with E-state index in [4.69, 9.17) is 15.2 Å². The van der Waals surface area contributed by atoms with Gasteiger partial charge in [0.05, 0.1) is 11.1 Å². The monoisotopic (exact) mass is 274 g/mol. The number of hydrogen-bond donors (Lipinski definition) is 2. The first kappa shape index (κ1) is 12.7. The first-order valence-electron chi connectivity index (χ1n) is 6.35. The van der Waals surface area contributed by atoms with Crippen molar-refractivity contribution in [1.29, 1.82) is 0 Å². The molecule has 0 saturated carbocycles. The van der Waals surface area contributed by atoms with Crippen LogP contribution in [-0.2, 0) is 6.42 Å². The molecule has 3 rings (SSSR count). The second kappa shape index (κ2) is 4.97. The van der Waals surface area contributed by atoms with Gasteiger partial charge in [-0.25, -0.2) is 4.79 Å². The van der Waals surface area contributed by atoms with Gasteiger partial charge in [-0.05, 0) is 31.5 Å². The van der Waals surface area contributed by atoms with Crippen LogP contribution in [0.4, 0.5) is 0 Å². The van der Waals surface area contributed by atoms with Crippen molar-refractivity contribution in [2.75, 3.05) is 13.3 Å². The molecule has 0 bridgehead atoms.